The molecule has 0 bridgehead atoms. The van der Waals surface area contributed by atoms with Crippen molar-refractivity contribution in [3.05, 3.63) is 36.2 Å². The van der Waals surface area contributed by atoms with Gasteiger partial charge in [-0.2, -0.15) is 0 Å². The summed E-state index contributed by atoms with van der Waals surface area (Å²) < 4.78 is 5.35. The fourth-order valence-corrected chi connectivity index (χ4v) is 2.68. The van der Waals surface area contributed by atoms with Gasteiger partial charge in [0.1, 0.15) is 5.60 Å². The molecule has 0 saturated carbocycles. The second-order valence-electron chi connectivity index (χ2n) is 7.02. The standard InChI is InChI=1S/C17H24N2O2/c1-16(2,3)21-15(20)19-14-9-8-13(17(14,4)5)12-7-6-10-18-11-12/h6-8,10-11,14H,9H2,1-5H3,(H,19,20). The van der Waals surface area contributed by atoms with Crippen LogP contribution in [0.4, 0.5) is 4.79 Å². The molecule has 0 aliphatic heterocycles. The summed E-state index contributed by atoms with van der Waals surface area (Å²) in [4.78, 5) is 16.2. The summed E-state index contributed by atoms with van der Waals surface area (Å²) >= 11 is 0. The molecular formula is C17H24N2O2. The second kappa shape index (κ2) is 5.51. The largest absolute Gasteiger partial charge is 0.444 e. The predicted octanol–water partition coefficient (Wildman–Crippen LogP) is 3.79. The van der Waals surface area contributed by atoms with Crippen molar-refractivity contribution >= 4 is 11.7 Å². The van der Waals surface area contributed by atoms with Crippen LogP contribution >= 0.6 is 0 Å². The summed E-state index contributed by atoms with van der Waals surface area (Å²) in [6.07, 6.45) is 6.25. The number of carbonyl (C=O) groups is 1. The molecule has 114 valence electrons. The zero-order chi connectivity index (χ0) is 15.7. The number of amides is 1. The van der Waals surface area contributed by atoms with Crippen molar-refractivity contribution < 1.29 is 9.53 Å². The minimum absolute atomic E-state index is 0.0301. The predicted molar refractivity (Wildman–Crippen MR) is 83.8 cm³/mol. The molecule has 4 heteroatoms. The Morgan fingerprint density at radius 2 is 2.14 bits per heavy atom. The van der Waals surface area contributed by atoms with E-state index in [0.717, 1.165) is 12.0 Å². The molecule has 21 heavy (non-hydrogen) atoms. The number of carbonyl (C=O) groups excluding carboxylic acids is 1. The van der Waals surface area contributed by atoms with Crippen molar-refractivity contribution in [2.75, 3.05) is 0 Å². The highest BCUT2D eigenvalue weighted by Gasteiger charge is 2.39. The van der Waals surface area contributed by atoms with Crippen molar-refractivity contribution in [2.45, 2.75) is 52.7 Å². The topological polar surface area (TPSA) is 51.2 Å². The van der Waals surface area contributed by atoms with Gasteiger partial charge in [0, 0.05) is 23.9 Å². The SMILES string of the molecule is CC(C)(C)OC(=O)NC1CC=C(c2cccnc2)C1(C)C. The van der Waals surface area contributed by atoms with Crippen LogP contribution in [0, 0.1) is 5.41 Å². The lowest BCUT2D eigenvalue weighted by Gasteiger charge is -2.32. The normalized spacial score (nSPS) is 20.8. The molecule has 0 spiro atoms. The molecule has 1 aliphatic rings. The Bertz CT molecular complexity index is 542. The summed E-state index contributed by atoms with van der Waals surface area (Å²) in [7, 11) is 0. The molecule has 2 rings (SSSR count). The number of rotatable bonds is 2. The van der Waals surface area contributed by atoms with Gasteiger partial charge in [0.2, 0.25) is 0 Å². The van der Waals surface area contributed by atoms with E-state index in [2.05, 4.69) is 36.3 Å². The smallest absolute Gasteiger partial charge is 0.407 e. The molecule has 0 radical (unpaired) electrons. The third-order valence-electron chi connectivity index (χ3n) is 3.79. The fraction of sp³-hybridized carbons (Fsp3) is 0.529. The van der Waals surface area contributed by atoms with E-state index in [4.69, 9.17) is 4.74 Å². The van der Waals surface area contributed by atoms with Crippen molar-refractivity contribution in [1.82, 2.24) is 10.3 Å². The van der Waals surface area contributed by atoms with Gasteiger partial charge in [0.25, 0.3) is 0 Å². The average Bonchev–Trinajstić information content (AvgIpc) is 2.64. The van der Waals surface area contributed by atoms with E-state index >= 15 is 0 Å². The van der Waals surface area contributed by atoms with E-state index in [1.54, 1.807) is 6.20 Å². The lowest BCUT2D eigenvalue weighted by atomic mass is 9.79. The monoisotopic (exact) mass is 288 g/mol. The Hall–Kier alpha value is -1.84. The number of nitrogens with zero attached hydrogens (tertiary/aromatic N) is 1. The molecular weight excluding hydrogens is 264 g/mol. The summed E-state index contributed by atoms with van der Waals surface area (Å²) in [6, 6.07) is 4.01. The molecule has 1 N–H and O–H groups in total. The molecule has 1 aliphatic carbocycles. The maximum atomic E-state index is 12.0. The molecule has 1 aromatic heterocycles. The Labute approximate surface area is 126 Å². The maximum Gasteiger partial charge on any atom is 0.407 e. The number of alkyl carbamates (subject to hydrolysis) is 1. The van der Waals surface area contributed by atoms with Crippen molar-refractivity contribution in [1.29, 1.82) is 0 Å². The fourth-order valence-electron chi connectivity index (χ4n) is 2.68. The van der Waals surface area contributed by atoms with E-state index in [-0.39, 0.29) is 17.6 Å². The van der Waals surface area contributed by atoms with E-state index in [0.29, 0.717) is 0 Å². The van der Waals surface area contributed by atoms with Crippen LogP contribution in [0.15, 0.2) is 30.6 Å². The van der Waals surface area contributed by atoms with Gasteiger partial charge in [-0.15, -0.1) is 0 Å². The number of nitrogens with one attached hydrogen (secondary N) is 1. The number of aromatic nitrogens is 1. The molecule has 0 saturated heterocycles. The van der Waals surface area contributed by atoms with E-state index in [9.17, 15) is 4.79 Å². The van der Waals surface area contributed by atoms with E-state index in [1.807, 2.05) is 33.0 Å². The molecule has 1 amide bonds. The van der Waals surface area contributed by atoms with Gasteiger partial charge in [-0.1, -0.05) is 26.0 Å². The van der Waals surface area contributed by atoms with Crippen LogP contribution in [-0.2, 0) is 4.74 Å². The van der Waals surface area contributed by atoms with Gasteiger partial charge < -0.3 is 10.1 Å². The highest BCUT2D eigenvalue weighted by atomic mass is 16.6. The Morgan fingerprint density at radius 3 is 2.71 bits per heavy atom. The minimum atomic E-state index is -0.480. The van der Waals surface area contributed by atoms with Crippen molar-refractivity contribution in [2.24, 2.45) is 5.41 Å². The Kier molecular flexibility index (Phi) is 4.08. The molecule has 1 unspecified atom stereocenters. The van der Waals surface area contributed by atoms with Crippen LogP contribution in [0.5, 0.6) is 0 Å². The highest BCUT2D eigenvalue weighted by Crippen LogP contribution is 2.44. The number of ether oxygens (including phenoxy) is 1. The first-order valence-corrected chi connectivity index (χ1v) is 7.31. The average molecular weight is 288 g/mol. The minimum Gasteiger partial charge on any atom is -0.444 e. The van der Waals surface area contributed by atoms with Crippen LogP contribution in [0.2, 0.25) is 0 Å². The van der Waals surface area contributed by atoms with Gasteiger partial charge in [-0.05, 0) is 44.4 Å². The van der Waals surface area contributed by atoms with Crippen LogP contribution < -0.4 is 5.32 Å². The zero-order valence-electron chi connectivity index (χ0n) is 13.4. The first kappa shape index (κ1) is 15.5. The Balaban J connectivity index is 2.08. The first-order valence-electron chi connectivity index (χ1n) is 7.31. The first-order chi connectivity index (χ1) is 9.70. The Morgan fingerprint density at radius 1 is 1.43 bits per heavy atom. The van der Waals surface area contributed by atoms with E-state index in [1.165, 1.54) is 5.57 Å². The summed E-state index contributed by atoms with van der Waals surface area (Å²) in [5.74, 6) is 0. The lowest BCUT2D eigenvalue weighted by Crippen LogP contribution is -2.44. The molecule has 1 atom stereocenters. The van der Waals surface area contributed by atoms with Crippen molar-refractivity contribution in [3.8, 4) is 0 Å². The van der Waals surface area contributed by atoms with Gasteiger partial charge >= 0.3 is 6.09 Å². The molecule has 1 aromatic rings. The van der Waals surface area contributed by atoms with Crippen LogP contribution in [0.1, 0.15) is 46.6 Å². The molecule has 0 fully saturated rings. The van der Waals surface area contributed by atoms with E-state index < -0.39 is 5.60 Å². The van der Waals surface area contributed by atoms with Gasteiger partial charge in [-0.3, -0.25) is 4.98 Å². The molecule has 0 aromatic carbocycles. The quantitative estimate of drug-likeness (QED) is 0.900. The summed E-state index contributed by atoms with van der Waals surface area (Å²) in [5.41, 5.74) is 1.69. The third-order valence-corrected chi connectivity index (χ3v) is 3.79. The molecule has 1 heterocycles. The highest BCUT2D eigenvalue weighted by molar-refractivity contribution is 5.75. The summed E-state index contributed by atoms with van der Waals surface area (Å²) in [5, 5.41) is 2.99. The van der Waals surface area contributed by atoms with Gasteiger partial charge in [0.15, 0.2) is 0 Å². The third kappa shape index (κ3) is 3.63. The maximum absolute atomic E-state index is 12.0. The number of hydrogen-bond acceptors (Lipinski definition) is 3. The van der Waals surface area contributed by atoms with Gasteiger partial charge in [0.05, 0.1) is 0 Å². The lowest BCUT2D eigenvalue weighted by molar-refractivity contribution is 0.0482. The summed E-state index contributed by atoms with van der Waals surface area (Å²) in [6.45, 7) is 9.88. The second-order valence-corrected chi connectivity index (χ2v) is 7.02. The van der Waals surface area contributed by atoms with Crippen LogP contribution in [-0.4, -0.2) is 22.7 Å². The number of hydrogen-bond donors (Lipinski definition) is 1. The molecule has 4 nitrogen and oxygen atoms in total. The van der Waals surface area contributed by atoms with Crippen LogP contribution in [0.3, 0.4) is 0 Å². The number of pyridine rings is 1. The zero-order valence-corrected chi connectivity index (χ0v) is 13.4. The van der Waals surface area contributed by atoms with Gasteiger partial charge in [-0.25, -0.2) is 4.79 Å². The van der Waals surface area contributed by atoms with Crippen LogP contribution in [0.25, 0.3) is 5.57 Å². The van der Waals surface area contributed by atoms with Crippen molar-refractivity contribution in [3.63, 3.8) is 0 Å².